The quantitative estimate of drug-likeness (QED) is 0.617. The molecule has 0 saturated carbocycles. The van der Waals surface area contributed by atoms with E-state index in [4.69, 9.17) is 5.73 Å². The Hall–Kier alpha value is -1.97. The number of carbonyl (C=O) groups is 1. The Kier molecular flexibility index (Phi) is 4.15. The molecule has 0 atom stereocenters. The first kappa shape index (κ1) is 13.1. The summed E-state index contributed by atoms with van der Waals surface area (Å²) in [5.41, 5.74) is 8.85. The molecular weight excluding hydrogens is 214 g/mol. The third-order valence-electron chi connectivity index (χ3n) is 2.29. The predicted octanol–water partition coefficient (Wildman–Crippen LogP) is 1.96. The highest BCUT2D eigenvalue weighted by molar-refractivity contribution is 5.95. The normalized spacial score (nSPS) is 9.82. The van der Waals surface area contributed by atoms with Crippen LogP contribution in [0.3, 0.4) is 0 Å². The van der Waals surface area contributed by atoms with E-state index in [-0.39, 0.29) is 5.91 Å². The van der Waals surface area contributed by atoms with Crippen molar-refractivity contribution in [3.8, 4) is 0 Å². The number of nitrogens with one attached hydrogen (secondary N) is 1. The molecule has 4 nitrogen and oxygen atoms in total. The Bertz CT molecular complexity index is 438. The lowest BCUT2D eigenvalue weighted by atomic mass is 10.1. The number of rotatable bonds is 4. The minimum Gasteiger partial charge on any atom is -0.397 e. The van der Waals surface area contributed by atoms with Crippen molar-refractivity contribution in [1.82, 2.24) is 4.90 Å². The standard InChI is InChI=1S/C13H19N3O/c1-9(2)8-15-12-7-10(5-6-11(12)14)13(17)16(3)4/h5-7,15H,1,8,14H2,2-4H3. The molecule has 0 aliphatic heterocycles. The van der Waals surface area contributed by atoms with Crippen LogP contribution >= 0.6 is 0 Å². The van der Waals surface area contributed by atoms with Crippen molar-refractivity contribution in [3.05, 3.63) is 35.9 Å². The van der Waals surface area contributed by atoms with E-state index in [2.05, 4.69) is 11.9 Å². The largest absolute Gasteiger partial charge is 0.397 e. The minimum atomic E-state index is -0.0385. The first-order valence-electron chi connectivity index (χ1n) is 5.41. The van der Waals surface area contributed by atoms with Crippen molar-refractivity contribution in [1.29, 1.82) is 0 Å². The average molecular weight is 233 g/mol. The van der Waals surface area contributed by atoms with Gasteiger partial charge in [0.25, 0.3) is 5.91 Å². The maximum Gasteiger partial charge on any atom is 0.253 e. The van der Waals surface area contributed by atoms with Gasteiger partial charge in [-0.15, -0.1) is 0 Å². The summed E-state index contributed by atoms with van der Waals surface area (Å²) in [4.78, 5) is 13.3. The van der Waals surface area contributed by atoms with Gasteiger partial charge < -0.3 is 16.0 Å². The molecule has 0 aliphatic carbocycles. The van der Waals surface area contributed by atoms with Crippen molar-refractivity contribution < 1.29 is 4.79 Å². The van der Waals surface area contributed by atoms with Crippen LogP contribution in [0.5, 0.6) is 0 Å². The molecule has 0 aromatic heterocycles. The zero-order valence-corrected chi connectivity index (χ0v) is 10.6. The summed E-state index contributed by atoms with van der Waals surface area (Å²) >= 11 is 0. The van der Waals surface area contributed by atoms with Crippen LogP contribution < -0.4 is 11.1 Å². The minimum absolute atomic E-state index is 0.0385. The van der Waals surface area contributed by atoms with E-state index in [9.17, 15) is 4.79 Å². The van der Waals surface area contributed by atoms with Crippen molar-refractivity contribution >= 4 is 17.3 Å². The topological polar surface area (TPSA) is 58.4 Å². The lowest BCUT2D eigenvalue weighted by Gasteiger charge is -2.14. The van der Waals surface area contributed by atoms with Gasteiger partial charge in [0.05, 0.1) is 11.4 Å². The van der Waals surface area contributed by atoms with Crippen LogP contribution in [0.4, 0.5) is 11.4 Å². The predicted molar refractivity (Wildman–Crippen MR) is 72.2 cm³/mol. The summed E-state index contributed by atoms with van der Waals surface area (Å²) in [6.07, 6.45) is 0. The van der Waals surface area contributed by atoms with Gasteiger partial charge in [-0.25, -0.2) is 0 Å². The van der Waals surface area contributed by atoms with E-state index < -0.39 is 0 Å². The van der Waals surface area contributed by atoms with Gasteiger partial charge >= 0.3 is 0 Å². The number of hydrogen-bond acceptors (Lipinski definition) is 3. The monoisotopic (exact) mass is 233 g/mol. The fourth-order valence-electron chi connectivity index (χ4n) is 1.35. The lowest BCUT2D eigenvalue weighted by molar-refractivity contribution is 0.0827. The first-order valence-corrected chi connectivity index (χ1v) is 5.41. The van der Waals surface area contributed by atoms with Crippen molar-refractivity contribution in [2.45, 2.75) is 6.92 Å². The molecule has 1 aromatic carbocycles. The van der Waals surface area contributed by atoms with E-state index in [0.29, 0.717) is 17.8 Å². The van der Waals surface area contributed by atoms with Crippen LogP contribution in [0, 0.1) is 0 Å². The number of amides is 1. The van der Waals surface area contributed by atoms with Gasteiger partial charge in [-0.3, -0.25) is 4.79 Å². The first-order chi connectivity index (χ1) is 7.91. The Balaban J connectivity index is 2.94. The molecule has 92 valence electrons. The van der Waals surface area contributed by atoms with Crippen LogP contribution in [0.25, 0.3) is 0 Å². The zero-order chi connectivity index (χ0) is 13.0. The molecule has 1 rings (SSSR count). The summed E-state index contributed by atoms with van der Waals surface area (Å²) in [6, 6.07) is 5.22. The molecule has 0 aliphatic rings. The molecule has 4 heteroatoms. The number of benzene rings is 1. The Morgan fingerprint density at radius 2 is 2.12 bits per heavy atom. The fraction of sp³-hybridized carbons (Fsp3) is 0.308. The van der Waals surface area contributed by atoms with E-state index in [1.165, 1.54) is 4.90 Å². The highest BCUT2D eigenvalue weighted by atomic mass is 16.2. The smallest absolute Gasteiger partial charge is 0.253 e. The van der Waals surface area contributed by atoms with Gasteiger partial charge in [0.2, 0.25) is 0 Å². The molecule has 0 bridgehead atoms. The number of nitrogens with zero attached hydrogens (tertiary/aromatic N) is 1. The summed E-state index contributed by atoms with van der Waals surface area (Å²) in [7, 11) is 3.44. The Morgan fingerprint density at radius 1 is 1.47 bits per heavy atom. The van der Waals surface area contributed by atoms with Crippen molar-refractivity contribution in [2.24, 2.45) is 0 Å². The molecule has 0 radical (unpaired) electrons. The third kappa shape index (κ3) is 3.52. The molecular formula is C13H19N3O. The van der Waals surface area contributed by atoms with E-state index >= 15 is 0 Å². The lowest BCUT2D eigenvalue weighted by Crippen LogP contribution is -2.21. The van der Waals surface area contributed by atoms with Crippen molar-refractivity contribution in [2.75, 3.05) is 31.7 Å². The third-order valence-corrected chi connectivity index (χ3v) is 2.29. The molecule has 0 spiro atoms. The SMILES string of the molecule is C=C(C)CNc1cc(C(=O)N(C)C)ccc1N. The molecule has 0 heterocycles. The van der Waals surface area contributed by atoms with E-state index in [0.717, 1.165) is 11.3 Å². The second kappa shape index (κ2) is 5.39. The number of carbonyl (C=O) groups excluding carboxylic acids is 1. The van der Waals surface area contributed by atoms with Crippen molar-refractivity contribution in [3.63, 3.8) is 0 Å². The number of hydrogen-bond donors (Lipinski definition) is 2. The van der Waals surface area contributed by atoms with Gasteiger partial charge in [0.15, 0.2) is 0 Å². The average Bonchev–Trinajstić information content (AvgIpc) is 2.26. The van der Waals surface area contributed by atoms with Gasteiger partial charge in [-0.1, -0.05) is 12.2 Å². The van der Waals surface area contributed by atoms with Crippen LogP contribution in [-0.4, -0.2) is 31.4 Å². The van der Waals surface area contributed by atoms with Gasteiger partial charge in [0.1, 0.15) is 0 Å². The highest BCUT2D eigenvalue weighted by Gasteiger charge is 2.09. The van der Waals surface area contributed by atoms with Crippen LogP contribution in [0.1, 0.15) is 17.3 Å². The number of nitrogens with two attached hydrogens (primary N) is 1. The van der Waals surface area contributed by atoms with E-state index in [1.807, 2.05) is 6.92 Å². The second-order valence-electron chi connectivity index (χ2n) is 4.31. The van der Waals surface area contributed by atoms with Gasteiger partial charge in [-0.2, -0.15) is 0 Å². The summed E-state index contributed by atoms with van der Waals surface area (Å²) in [5.74, 6) is -0.0385. The second-order valence-corrected chi connectivity index (χ2v) is 4.31. The molecule has 0 saturated heterocycles. The van der Waals surface area contributed by atoms with E-state index in [1.54, 1.807) is 32.3 Å². The van der Waals surface area contributed by atoms with Crippen LogP contribution in [-0.2, 0) is 0 Å². The molecule has 3 N–H and O–H groups in total. The number of nitrogen functional groups attached to an aromatic ring is 1. The van der Waals surface area contributed by atoms with Crippen LogP contribution in [0.2, 0.25) is 0 Å². The maximum atomic E-state index is 11.8. The fourth-order valence-corrected chi connectivity index (χ4v) is 1.35. The molecule has 1 aromatic rings. The summed E-state index contributed by atoms with van der Waals surface area (Å²) in [5, 5.41) is 3.15. The maximum absolute atomic E-state index is 11.8. The molecule has 0 unspecified atom stereocenters. The highest BCUT2D eigenvalue weighted by Crippen LogP contribution is 2.20. The number of anilines is 2. The molecule has 0 fully saturated rings. The van der Waals surface area contributed by atoms with Crippen LogP contribution in [0.15, 0.2) is 30.4 Å². The summed E-state index contributed by atoms with van der Waals surface area (Å²) in [6.45, 7) is 6.38. The van der Waals surface area contributed by atoms with Gasteiger partial charge in [-0.05, 0) is 25.1 Å². The summed E-state index contributed by atoms with van der Waals surface area (Å²) < 4.78 is 0. The molecule has 1 amide bonds. The van der Waals surface area contributed by atoms with Gasteiger partial charge in [0, 0.05) is 26.2 Å². The molecule has 17 heavy (non-hydrogen) atoms. The zero-order valence-electron chi connectivity index (χ0n) is 10.6. The Labute approximate surface area is 102 Å². The Morgan fingerprint density at radius 3 is 2.65 bits per heavy atom.